The van der Waals surface area contributed by atoms with Crippen LogP contribution in [0.25, 0.3) is 0 Å². The normalized spacial score (nSPS) is 20.9. The van der Waals surface area contributed by atoms with Crippen molar-refractivity contribution in [3.8, 4) is 0 Å². The summed E-state index contributed by atoms with van der Waals surface area (Å²) in [5.74, 6) is -5.08. The lowest BCUT2D eigenvalue weighted by atomic mass is 9.87. The van der Waals surface area contributed by atoms with Gasteiger partial charge in [-0.15, -0.1) is 0 Å². The van der Waals surface area contributed by atoms with E-state index in [9.17, 15) is 23.1 Å². The summed E-state index contributed by atoms with van der Waals surface area (Å²) in [7, 11) is -3.55. The average molecular weight is 298 g/mol. The Labute approximate surface area is 116 Å². The highest BCUT2D eigenvalue weighted by Crippen LogP contribution is 2.39. The molecule has 1 aliphatic rings. The summed E-state index contributed by atoms with van der Waals surface area (Å²) in [4.78, 5) is 23.2. The lowest BCUT2D eigenvalue weighted by Crippen LogP contribution is -2.32. The first-order valence-electron chi connectivity index (χ1n) is 6.09. The van der Waals surface area contributed by atoms with Gasteiger partial charge in [0.25, 0.3) is 0 Å². The monoisotopic (exact) mass is 298 g/mol. The molecule has 2 atom stereocenters. The molecule has 0 spiro atoms. The van der Waals surface area contributed by atoms with Crippen LogP contribution in [0.4, 0.5) is 0 Å². The molecular formula is C13H14O6S. The Bertz CT molecular complexity index is 649. The molecule has 1 aromatic carbocycles. The number of esters is 1. The Balaban J connectivity index is 2.47. The van der Waals surface area contributed by atoms with E-state index in [1.807, 2.05) is 0 Å². The van der Waals surface area contributed by atoms with Crippen molar-refractivity contribution in [3.63, 3.8) is 0 Å². The minimum absolute atomic E-state index is 0.0454. The van der Waals surface area contributed by atoms with E-state index in [1.54, 1.807) is 25.1 Å². The summed E-state index contributed by atoms with van der Waals surface area (Å²) < 4.78 is 28.8. The third-order valence-electron chi connectivity index (χ3n) is 3.26. The highest BCUT2D eigenvalue weighted by Gasteiger charge is 2.45. The predicted octanol–water partition coefficient (Wildman–Crippen LogP) is 0.821. The van der Waals surface area contributed by atoms with Crippen molar-refractivity contribution >= 4 is 21.8 Å². The van der Waals surface area contributed by atoms with Gasteiger partial charge in [-0.3, -0.25) is 9.59 Å². The lowest BCUT2D eigenvalue weighted by molar-refractivity contribution is -0.159. The highest BCUT2D eigenvalue weighted by molar-refractivity contribution is 7.91. The van der Waals surface area contributed by atoms with Crippen molar-refractivity contribution in [3.05, 3.63) is 29.8 Å². The van der Waals surface area contributed by atoms with E-state index in [0.717, 1.165) is 0 Å². The maximum absolute atomic E-state index is 12.0. The predicted molar refractivity (Wildman–Crippen MR) is 69.0 cm³/mol. The topological polar surface area (TPSA) is 97.7 Å². The first-order chi connectivity index (χ1) is 9.38. The number of ether oxygens (including phenoxy) is 1. The molecular weight excluding hydrogens is 284 g/mol. The van der Waals surface area contributed by atoms with Gasteiger partial charge in [0.2, 0.25) is 0 Å². The number of carboxylic acids is 1. The third-order valence-corrected chi connectivity index (χ3v) is 5.10. The number of aliphatic carboxylic acids is 1. The average Bonchev–Trinajstić information content (AvgIpc) is 2.62. The van der Waals surface area contributed by atoms with Gasteiger partial charge in [0.1, 0.15) is 0 Å². The summed E-state index contributed by atoms with van der Waals surface area (Å²) in [6.45, 7) is 1.61. The first-order valence-corrected chi connectivity index (χ1v) is 7.75. The molecule has 0 radical (unpaired) electrons. The van der Waals surface area contributed by atoms with Gasteiger partial charge in [-0.2, -0.15) is 0 Å². The molecule has 1 aromatic rings. The zero-order chi connectivity index (χ0) is 14.9. The number of hydrogen-bond donors (Lipinski definition) is 1. The minimum atomic E-state index is -3.55. The van der Waals surface area contributed by atoms with E-state index in [0.29, 0.717) is 5.56 Å². The van der Waals surface area contributed by atoms with Crippen LogP contribution in [0.1, 0.15) is 18.4 Å². The second-order valence-electron chi connectivity index (χ2n) is 4.49. The summed E-state index contributed by atoms with van der Waals surface area (Å²) in [6, 6.07) is 6.16. The number of hydrogen-bond acceptors (Lipinski definition) is 5. The second kappa shape index (κ2) is 5.24. The van der Waals surface area contributed by atoms with Crippen LogP contribution in [-0.2, 0) is 24.2 Å². The zero-order valence-corrected chi connectivity index (χ0v) is 11.6. The smallest absolute Gasteiger partial charge is 0.320 e. The Morgan fingerprint density at radius 3 is 2.65 bits per heavy atom. The van der Waals surface area contributed by atoms with Gasteiger partial charge in [-0.1, -0.05) is 18.2 Å². The Morgan fingerprint density at radius 1 is 1.40 bits per heavy atom. The van der Waals surface area contributed by atoms with Gasteiger partial charge in [0.05, 0.1) is 17.3 Å². The number of rotatable bonds is 4. The molecule has 0 saturated carbocycles. The molecule has 0 fully saturated rings. The Hall–Kier alpha value is -1.89. The highest BCUT2D eigenvalue weighted by atomic mass is 32.2. The summed E-state index contributed by atoms with van der Waals surface area (Å²) in [5, 5.41) is 9.23. The summed E-state index contributed by atoms with van der Waals surface area (Å²) >= 11 is 0. The number of carbonyl (C=O) groups excluding carboxylic acids is 1. The van der Waals surface area contributed by atoms with E-state index in [-0.39, 0.29) is 17.3 Å². The van der Waals surface area contributed by atoms with Crippen molar-refractivity contribution in [2.75, 3.05) is 12.4 Å². The SMILES string of the molecule is CCOC(=O)C(C(=O)O)C1CS(=O)(=O)c2ccccc21. The molecule has 0 amide bonds. The fourth-order valence-corrected chi connectivity index (χ4v) is 4.32. The minimum Gasteiger partial charge on any atom is -0.481 e. The van der Waals surface area contributed by atoms with Gasteiger partial charge in [0, 0.05) is 5.92 Å². The molecule has 7 heteroatoms. The second-order valence-corrected chi connectivity index (χ2v) is 6.50. The molecule has 6 nitrogen and oxygen atoms in total. The number of carbonyl (C=O) groups is 2. The van der Waals surface area contributed by atoms with Crippen molar-refractivity contribution in [2.45, 2.75) is 17.7 Å². The third kappa shape index (κ3) is 2.40. The van der Waals surface area contributed by atoms with E-state index in [1.165, 1.54) is 6.07 Å². The van der Waals surface area contributed by atoms with E-state index in [4.69, 9.17) is 4.74 Å². The van der Waals surface area contributed by atoms with Crippen molar-refractivity contribution < 1.29 is 27.9 Å². The maximum atomic E-state index is 12.0. The molecule has 20 heavy (non-hydrogen) atoms. The molecule has 2 rings (SSSR count). The first kappa shape index (κ1) is 14.5. The van der Waals surface area contributed by atoms with Gasteiger partial charge in [0.15, 0.2) is 15.8 Å². The van der Waals surface area contributed by atoms with Crippen LogP contribution in [0.5, 0.6) is 0 Å². The molecule has 1 heterocycles. The molecule has 1 aliphatic heterocycles. The molecule has 0 aromatic heterocycles. The maximum Gasteiger partial charge on any atom is 0.320 e. The van der Waals surface area contributed by atoms with Crippen molar-refractivity contribution in [1.82, 2.24) is 0 Å². The molecule has 1 N–H and O–H groups in total. The summed E-state index contributed by atoms with van der Waals surface area (Å²) in [6.07, 6.45) is 0. The summed E-state index contributed by atoms with van der Waals surface area (Å²) in [5.41, 5.74) is 0.368. The van der Waals surface area contributed by atoms with Gasteiger partial charge in [-0.05, 0) is 18.6 Å². The van der Waals surface area contributed by atoms with Gasteiger partial charge < -0.3 is 9.84 Å². The standard InChI is InChI=1S/C13H14O6S/c1-2-19-13(16)11(12(14)15)9-7-20(17,18)10-6-4-3-5-8(9)10/h3-6,9,11H,2,7H2,1H3,(H,14,15). The van der Waals surface area contributed by atoms with Crippen LogP contribution < -0.4 is 0 Å². The van der Waals surface area contributed by atoms with Gasteiger partial charge in [-0.25, -0.2) is 8.42 Å². The number of benzene rings is 1. The van der Waals surface area contributed by atoms with Crippen LogP contribution in [0.15, 0.2) is 29.2 Å². The molecule has 0 bridgehead atoms. The van der Waals surface area contributed by atoms with Crippen LogP contribution in [-0.4, -0.2) is 37.8 Å². The fourth-order valence-electron chi connectivity index (χ4n) is 2.43. The van der Waals surface area contributed by atoms with Crippen LogP contribution in [0.3, 0.4) is 0 Å². The number of sulfone groups is 1. The zero-order valence-electron chi connectivity index (χ0n) is 10.8. The van der Waals surface area contributed by atoms with Crippen molar-refractivity contribution in [1.29, 1.82) is 0 Å². The largest absolute Gasteiger partial charge is 0.481 e. The van der Waals surface area contributed by atoms with Gasteiger partial charge >= 0.3 is 11.9 Å². The number of carboxylic acid groups (broad SMARTS) is 1. The van der Waals surface area contributed by atoms with Crippen molar-refractivity contribution in [2.24, 2.45) is 5.92 Å². The molecule has 2 unspecified atom stereocenters. The van der Waals surface area contributed by atoms with Crippen LogP contribution in [0, 0.1) is 5.92 Å². The fraction of sp³-hybridized carbons (Fsp3) is 0.385. The molecule has 0 saturated heterocycles. The molecule has 108 valence electrons. The number of fused-ring (bicyclic) bond motifs is 1. The quantitative estimate of drug-likeness (QED) is 0.653. The van der Waals surface area contributed by atoms with Crippen LogP contribution >= 0.6 is 0 Å². The van der Waals surface area contributed by atoms with E-state index >= 15 is 0 Å². The van der Waals surface area contributed by atoms with E-state index < -0.39 is 33.6 Å². The molecule has 0 aliphatic carbocycles. The Morgan fingerprint density at radius 2 is 2.05 bits per heavy atom. The van der Waals surface area contributed by atoms with Crippen LogP contribution in [0.2, 0.25) is 0 Å². The lowest BCUT2D eigenvalue weighted by Gasteiger charge is -2.17. The van der Waals surface area contributed by atoms with E-state index in [2.05, 4.69) is 0 Å². The Kier molecular flexibility index (Phi) is 3.80.